The second kappa shape index (κ2) is 9.83. The van der Waals surface area contributed by atoms with Crippen molar-refractivity contribution in [1.29, 1.82) is 0 Å². The number of hydrogen-bond acceptors (Lipinski definition) is 7. The lowest BCUT2D eigenvalue weighted by Crippen LogP contribution is -2.45. The van der Waals surface area contributed by atoms with E-state index >= 15 is 4.39 Å². The van der Waals surface area contributed by atoms with E-state index in [1.165, 1.54) is 18.2 Å². The Hall–Kier alpha value is -2.79. The molecule has 1 N–H and O–H groups in total. The number of sulfonamides is 1. The fourth-order valence-electron chi connectivity index (χ4n) is 4.58. The van der Waals surface area contributed by atoms with Crippen LogP contribution >= 0.6 is 0 Å². The molecule has 0 bridgehead atoms. The largest absolute Gasteiger partial charge is 0.380 e. The SMILES string of the molecule is CN(C)[C@H]1CCCC[C@@H]1Nc1cc(F)c(S(=O)(=O)N(OC=O)c2cccc(F)n2)cc1C1CC1. The number of carbonyl (C=O) groups is 1. The van der Waals surface area contributed by atoms with Crippen LogP contribution in [-0.2, 0) is 19.7 Å². The molecule has 2 atom stereocenters. The summed E-state index contributed by atoms with van der Waals surface area (Å²) in [6.45, 7) is -0.135. The summed E-state index contributed by atoms with van der Waals surface area (Å²) >= 11 is 0. The number of hydrogen-bond donors (Lipinski definition) is 1. The second-order valence-electron chi connectivity index (χ2n) is 8.96. The first-order chi connectivity index (χ1) is 16.2. The summed E-state index contributed by atoms with van der Waals surface area (Å²) in [6, 6.07) is 6.23. The van der Waals surface area contributed by atoms with E-state index in [0.717, 1.165) is 50.7 Å². The lowest BCUT2D eigenvalue weighted by molar-refractivity contribution is -0.128. The highest BCUT2D eigenvalue weighted by atomic mass is 32.2. The van der Waals surface area contributed by atoms with E-state index < -0.39 is 32.5 Å². The molecule has 0 spiro atoms. The summed E-state index contributed by atoms with van der Waals surface area (Å²) in [5, 5.41) is 3.48. The van der Waals surface area contributed by atoms with Gasteiger partial charge in [-0.1, -0.05) is 23.4 Å². The van der Waals surface area contributed by atoms with Crippen molar-refractivity contribution in [2.45, 2.75) is 61.4 Å². The molecule has 1 heterocycles. The summed E-state index contributed by atoms with van der Waals surface area (Å²) in [6.07, 6.45) is 5.87. The van der Waals surface area contributed by atoms with Crippen LogP contribution in [0, 0.1) is 11.8 Å². The highest BCUT2D eigenvalue weighted by Gasteiger charge is 2.36. The fraction of sp³-hybridized carbons (Fsp3) is 0.478. The van der Waals surface area contributed by atoms with Crippen LogP contribution < -0.4 is 9.79 Å². The number of rotatable bonds is 9. The molecule has 4 rings (SSSR count). The molecule has 2 fully saturated rings. The van der Waals surface area contributed by atoms with Crippen LogP contribution in [0.25, 0.3) is 0 Å². The Morgan fingerprint density at radius 3 is 2.50 bits per heavy atom. The maximum Gasteiger partial charge on any atom is 0.322 e. The van der Waals surface area contributed by atoms with Crippen LogP contribution in [0.1, 0.15) is 50.0 Å². The Morgan fingerprint density at radius 1 is 1.12 bits per heavy atom. The minimum absolute atomic E-state index is 0.103. The summed E-state index contributed by atoms with van der Waals surface area (Å²) in [5.41, 5.74) is 1.27. The van der Waals surface area contributed by atoms with Crippen LogP contribution in [0.2, 0.25) is 0 Å². The van der Waals surface area contributed by atoms with Gasteiger partial charge in [-0.25, -0.2) is 4.39 Å². The number of nitrogens with one attached hydrogen (secondary N) is 1. The normalized spacial score (nSPS) is 20.7. The molecule has 2 aliphatic carbocycles. The summed E-state index contributed by atoms with van der Waals surface area (Å²) in [4.78, 5) is 20.6. The summed E-state index contributed by atoms with van der Waals surface area (Å²) in [7, 11) is -0.689. The van der Waals surface area contributed by atoms with Crippen molar-refractivity contribution in [2.24, 2.45) is 0 Å². The molecule has 0 radical (unpaired) electrons. The molecule has 8 nitrogen and oxygen atoms in total. The Balaban J connectivity index is 1.73. The van der Waals surface area contributed by atoms with Gasteiger partial charge in [0.15, 0.2) is 5.82 Å². The Kier molecular flexibility index (Phi) is 7.04. The molecule has 11 heteroatoms. The van der Waals surface area contributed by atoms with Gasteiger partial charge in [-0.3, -0.25) is 4.79 Å². The van der Waals surface area contributed by atoms with Gasteiger partial charge in [0.2, 0.25) is 5.95 Å². The van der Waals surface area contributed by atoms with E-state index in [0.29, 0.717) is 11.3 Å². The molecule has 0 unspecified atom stereocenters. The number of carbonyl (C=O) groups excluding carboxylic acids is 1. The molecule has 184 valence electrons. The molecule has 0 aliphatic heterocycles. The van der Waals surface area contributed by atoms with Gasteiger partial charge >= 0.3 is 6.47 Å². The van der Waals surface area contributed by atoms with Crippen LogP contribution in [0.4, 0.5) is 20.3 Å². The van der Waals surface area contributed by atoms with E-state index in [9.17, 15) is 17.6 Å². The number of nitrogens with zero attached hydrogens (tertiary/aromatic N) is 3. The molecule has 2 aliphatic rings. The van der Waals surface area contributed by atoms with E-state index in [1.807, 2.05) is 14.1 Å². The van der Waals surface area contributed by atoms with Gasteiger partial charge in [0.25, 0.3) is 10.0 Å². The molecule has 2 saturated carbocycles. The first-order valence-corrected chi connectivity index (χ1v) is 12.7. The number of aromatic nitrogens is 1. The van der Waals surface area contributed by atoms with Crippen molar-refractivity contribution in [3.8, 4) is 0 Å². The van der Waals surface area contributed by atoms with Gasteiger partial charge in [0.1, 0.15) is 10.7 Å². The Morgan fingerprint density at radius 2 is 1.85 bits per heavy atom. The van der Waals surface area contributed by atoms with Crippen molar-refractivity contribution in [2.75, 3.05) is 23.9 Å². The first kappa shape index (κ1) is 24.3. The van der Waals surface area contributed by atoms with Crippen molar-refractivity contribution in [1.82, 2.24) is 9.88 Å². The van der Waals surface area contributed by atoms with Crippen molar-refractivity contribution >= 4 is 28.0 Å². The highest BCUT2D eigenvalue weighted by Crippen LogP contribution is 2.45. The van der Waals surface area contributed by atoms with Gasteiger partial charge in [-0.15, -0.1) is 0 Å². The van der Waals surface area contributed by atoms with Crippen LogP contribution in [-0.4, -0.2) is 51.0 Å². The lowest BCUT2D eigenvalue weighted by atomic mass is 9.89. The topological polar surface area (TPSA) is 91.8 Å². The number of anilines is 2. The molecule has 34 heavy (non-hydrogen) atoms. The summed E-state index contributed by atoms with van der Waals surface area (Å²) < 4.78 is 55.7. The van der Waals surface area contributed by atoms with Gasteiger partial charge in [-0.2, -0.15) is 17.8 Å². The first-order valence-electron chi connectivity index (χ1n) is 11.3. The highest BCUT2D eigenvalue weighted by molar-refractivity contribution is 7.92. The summed E-state index contributed by atoms with van der Waals surface area (Å²) in [5.74, 6) is -2.38. The van der Waals surface area contributed by atoms with Crippen LogP contribution in [0.3, 0.4) is 0 Å². The molecule has 0 amide bonds. The zero-order valence-electron chi connectivity index (χ0n) is 19.1. The minimum Gasteiger partial charge on any atom is -0.380 e. The third kappa shape index (κ3) is 5.00. The number of pyridine rings is 1. The third-order valence-corrected chi connectivity index (χ3v) is 7.96. The minimum atomic E-state index is -4.73. The average molecular weight is 495 g/mol. The maximum atomic E-state index is 15.3. The standard InChI is InChI=1S/C23H28F2N4O4S/c1-28(2)20-7-4-3-6-18(20)26-19-13-17(24)21(12-16(19)15-10-11-15)34(31,32)29(33-14-30)23-9-5-8-22(25)27-23/h5,8-9,12-15,18,20,26H,3-4,6-7,10-11H2,1-2H3/t18-,20-/m0/s1. The van der Waals surface area contributed by atoms with E-state index in [2.05, 4.69) is 20.0 Å². The number of likely N-dealkylation sites (N-methyl/N-ethyl adjacent to an activating group) is 1. The van der Waals surface area contributed by atoms with Crippen molar-refractivity contribution in [3.63, 3.8) is 0 Å². The molecule has 2 aromatic rings. The third-order valence-electron chi connectivity index (χ3n) is 6.38. The fourth-order valence-corrected chi connectivity index (χ4v) is 5.84. The van der Waals surface area contributed by atoms with Gasteiger partial charge in [-0.05, 0) is 75.5 Å². The smallest absolute Gasteiger partial charge is 0.322 e. The van der Waals surface area contributed by atoms with Gasteiger partial charge < -0.3 is 15.1 Å². The number of halogens is 2. The van der Waals surface area contributed by atoms with E-state index in [1.54, 1.807) is 0 Å². The molecule has 0 saturated heterocycles. The van der Waals surface area contributed by atoms with Crippen molar-refractivity contribution < 1.29 is 26.8 Å². The van der Waals surface area contributed by atoms with Crippen LogP contribution in [0.15, 0.2) is 35.2 Å². The number of benzene rings is 1. The molecular weight excluding hydrogens is 466 g/mol. The van der Waals surface area contributed by atoms with Crippen LogP contribution in [0.5, 0.6) is 0 Å². The average Bonchev–Trinajstić information content (AvgIpc) is 3.63. The van der Waals surface area contributed by atoms with E-state index in [4.69, 9.17) is 0 Å². The zero-order chi connectivity index (χ0) is 24.5. The monoisotopic (exact) mass is 494 g/mol. The predicted octanol–water partition coefficient (Wildman–Crippen LogP) is 3.81. The predicted molar refractivity (Wildman–Crippen MR) is 123 cm³/mol. The lowest BCUT2D eigenvalue weighted by Gasteiger charge is -2.37. The van der Waals surface area contributed by atoms with Gasteiger partial charge in [0, 0.05) is 17.8 Å². The quantitative estimate of drug-likeness (QED) is 0.322. The second-order valence-corrected chi connectivity index (χ2v) is 10.7. The molecular formula is C23H28F2N4O4S. The Bertz CT molecular complexity index is 1160. The van der Waals surface area contributed by atoms with Crippen molar-refractivity contribution in [3.05, 3.63) is 47.7 Å². The molecule has 1 aromatic heterocycles. The van der Waals surface area contributed by atoms with E-state index in [-0.39, 0.29) is 28.9 Å². The maximum absolute atomic E-state index is 15.3. The molecule has 1 aromatic carbocycles. The van der Waals surface area contributed by atoms with Gasteiger partial charge in [0.05, 0.1) is 0 Å². The Labute approximate surface area is 197 Å². The zero-order valence-corrected chi connectivity index (χ0v) is 19.9.